The third kappa shape index (κ3) is 2.56. The normalized spacial score (nSPS) is 20.4. The zero-order valence-corrected chi connectivity index (χ0v) is 13.4. The monoisotopic (exact) mass is 355 g/mol. The highest BCUT2D eigenvalue weighted by Gasteiger charge is 2.24. The van der Waals surface area contributed by atoms with Crippen LogP contribution in [0.2, 0.25) is 0 Å². The summed E-state index contributed by atoms with van der Waals surface area (Å²) in [5, 5.41) is 2.83. The molecule has 2 heterocycles. The minimum absolute atomic E-state index is 0.127. The van der Waals surface area contributed by atoms with Crippen LogP contribution in [0.15, 0.2) is 22.7 Å². The van der Waals surface area contributed by atoms with Gasteiger partial charge in [-0.05, 0) is 31.5 Å². The molecule has 2 unspecified atom stereocenters. The van der Waals surface area contributed by atoms with E-state index in [1.54, 1.807) is 0 Å². The summed E-state index contributed by atoms with van der Waals surface area (Å²) >= 11 is 9.71. The van der Waals surface area contributed by atoms with E-state index in [1.165, 1.54) is 0 Å². The lowest BCUT2D eigenvalue weighted by Crippen LogP contribution is -2.30. The van der Waals surface area contributed by atoms with Crippen LogP contribution in [0, 0.1) is 0 Å². The van der Waals surface area contributed by atoms with Gasteiger partial charge in [-0.1, -0.05) is 15.9 Å². The van der Waals surface area contributed by atoms with Gasteiger partial charge >= 0.3 is 0 Å². The topological polar surface area (TPSA) is 46.9 Å². The van der Waals surface area contributed by atoms with Crippen molar-refractivity contribution in [2.24, 2.45) is 0 Å². The predicted octanol–water partition coefficient (Wildman–Crippen LogP) is 3.38. The quantitative estimate of drug-likeness (QED) is 0.857. The Kier molecular flexibility index (Phi) is 3.73. The van der Waals surface area contributed by atoms with Crippen molar-refractivity contribution in [1.82, 2.24) is 14.9 Å². The van der Waals surface area contributed by atoms with Crippen LogP contribution in [-0.4, -0.2) is 21.5 Å². The summed E-state index contributed by atoms with van der Waals surface area (Å²) < 4.78 is 3.12. The first-order valence-electron chi connectivity index (χ1n) is 6.63. The van der Waals surface area contributed by atoms with Gasteiger partial charge in [-0.25, -0.2) is 4.98 Å². The van der Waals surface area contributed by atoms with Crippen LogP contribution in [0.3, 0.4) is 0 Å². The lowest BCUT2D eigenvalue weighted by atomic mass is 10.2. The maximum absolute atomic E-state index is 11.3. The number of nitrogens with zero attached hydrogens (tertiary/aromatic N) is 2. The van der Waals surface area contributed by atoms with Crippen LogP contribution in [-0.2, 0) is 11.3 Å². The molecule has 2 atom stereocenters. The van der Waals surface area contributed by atoms with Gasteiger partial charge in [-0.2, -0.15) is 0 Å². The summed E-state index contributed by atoms with van der Waals surface area (Å²) in [6.45, 7) is 2.64. The molecule has 1 aliphatic rings. The number of fused-ring (bicyclic) bond motifs is 1. The lowest BCUT2D eigenvalue weighted by molar-refractivity contribution is -0.119. The molecule has 1 N–H and O–H groups in total. The maximum atomic E-state index is 11.3. The second-order valence-corrected chi connectivity index (χ2v) is 6.70. The Labute approximate surface area is 130 Å². The van der Waals surface area contributed by atoms with Gasteiger partial charge in [0.05, 0.1) is 16.4 Å². The Morgan fingerprint density at radius 3 is 3.05 bits per heavy atom. The number of benzene rings is 1. The number of hydrogen-bond acceptors (Lipinski definition) is 2. The highest BCUT2D eigenvalue weighted by Crippen LogP contribution is 2.27. The number of hydrogen-bond donors (Lipinski definition) is 1. The predicted molar refractivity (Wildman–Crippen MR) is 82.9 cm³/mol. The van der Waals surface area contributed by atoms with Crippen LogP contribution in [0.5, 0.6) is 0 Å². The number of aromatic nitrogens is 2. The Morgan fingerprint density at radius 1 is 1.60 bits per heavy atom. The molecule has 0 aliphatic carbocycles. The summed E-state index contributed by atoms with van der Waals surface area (Å²) in [4.78, 5) is 16.0. The minimum atomic E-state index is -0.168. The second kappa shape index (κ2) is 5.37. The third-order valence-electron chi connectivity index (χ3n) is 3.58. The summed E-state index contributed by atoms with van der Waals surface area (Å²) in [7, 11) is 0. The Balaban J connectivity index is 2.02. The van der Waals surface area contributed by atoms with Crippen molar-refractivity contribution in [2.75, 3.05) is 0 Å². The van der Waals surface area contributed by atoms with E-state index in [4.69, 9.17) is 11.6 Å². The number of imidazole rings is 1. The fraction of sp³-hybridized carbons (Fsp3) is 0.429. The Morgan fingerprint density at radius 2 is 2.40 bits per heavy atom. The summed E-state index contributed by atoms with van der Waals surface area (Å²) in [5.74, 6) is 0.976. The van der Waals surface area contributed by atoms with E-state index in [9.17, 15) is 4.79 Å². The van der Waals surface area contributed by atoms with Crippen molar-refractivity contribution in [3.8, 4) is 0 Å². The molecule has 106 valence electrons. The number of amides is 1. The number of alkyl halides is 1. The summed E-state index contributed by atoms with van der Waals surface area (Å²) in [6, 6.07) is 6.18. The van der Waals surface area contributed by atoms with Crippen molar-refractivity contribution >= 4 is 44.5 Å². The average molecular weight is 357 g/mol. The van der Waals surface area contributed by atoms with Crippen molar-refractivity contribution in [2.45, 2.75) is 37.7 Å². The van der Waals surface area contributed by atoms with Crippen molar-refractivity contribution < 1.29 is 4.79 Å². The van der Waals surface area contributed by atoms with Crippen LogP contribution >= 0.6 is 27.5 Å². The molecule has 1 saturated heterocycles. The molecule has 1 aromatic heterocycles. The zero-order chi connectivity index (χ0) is 14.3. The zero-order valence-electron chi connectivity index (χ0n) is 11.1. The molecule has 20 heavy (non-hydrogen) atoms. The van der Waals surface area contributed by atoms with Crippen molar-refractivity contribution in [3.05, 3.63) is 28.5 Å². The molecule has 1 aromatic carbocycles. The van der Waals surface area contributed by atoms with Gasteiger partial charge in [0.25, 0.3) is 0 Å². The molecule has 4 nitrogen and oxygen atoms in total. The Hall–Kier alpha value is -1.07. The van der Waals surface area contributed by atoms with Gasteiger partial charge in [0, 0.05) is 23.5 Å². The first kappa shape index (κ1) is 13.9. The molecule has 3 rings (SSSR count). The van der Waals surface area contributed by atoms with Crippen LogP contribution < -0.4 is 5.32 Å². The van der Waals surface area contributed by atoms with Gasteiger partial charge < -0.3 is 9.88 Å². The highest BCUT2D eigenvalue weighted by molar-refractivity contribution is 9.10. The number of halogens is 2. The smallest absolute Gasteiger partial charge is 0.220 e. The highest BCUT2D eigenvalue weighted by atomic mass is 79.9. The minimum Gasteiger partial charge on any atom is -0.352 e. The van der Waals surface area contributed by atoms with E-state index in [1.807, 2.05) is 25.1 Å². The standard InChI is InChI=1S/C14H15BrClN3O/c1-8(16)14-18-11-6-9(15)2-4-12(11)19(14)7-10-3-5-13(20)17-10/h2,4,6,8,10H,3,5,7H2,1H3,(H,17,20). The molecular formula is C14H15BrClN3O. The van der Waals surface area contributed by atoms with E-state index >= 15 is 0 Å². The molecule has 0 spiro atoms. The molecule has 1 fully saturated rings. The Bertz CT molecular complexity index is 668. The van der Waals surface area contributed by atoms with Crippen LogP contribution in [0.25, 0.3) is 11.0 Å². The summed E-state index contributed by atoms with van der Waals surface area (Å²) in [5.41, 5.74) is 1.98. The molecule has 2 aromatic rings. The second-order valence-electron chi connectivity index (χ2n) is 5.13. The van der Waals surface area contributed by atoms with E-state index in [0.717, 1.165) is 34.3 Å². The van der Waals surface area contributed by atoms with E-state index < -0.39 is 0 Å². The van der Waals surface area contributed by atoms with E-state index in [0.29, 0.717) is 6.42 Å². The van der Waals surface area contributed by atoms with Gasteiger partial charge in [0.2, 0.25) is 5.91 Å². The molecular weight excluding hydrogens is 342 g/mol. The molecule has 6 heteroatoms. The molecule has 1 aliphatic heterocycles. The average Bonchev–Trinajstić information content (AvgIpc) is 2.94. The van der Waals surface area contributed by atoms with Crippen LogP contribution in [0.4, 0.5) is 0 Å². The fourth-order valence-corrected chi connectivity index (χ4v) is 3.17. The SMILES string of the molecule is CC(Cl)c1nc2cc(Br)ccc2n1CC1CCC(=O)N1. The van der Waals surface area contributed by atoms with Crippen molar-refractivity contribution in [1.29, 1.82) is 0 Å². The van der Waals surface area contributed by atoms with Gasteiger partial charge in [0.1, 0.15) is 5.82 Å². The summed E-state index contributed by atoms with van der Waals surface area (Å²) in [6.07, 6.45) is 1.47. The molecule has 1 amide bonds. The van der Waals surface area contributed by atoms with E-state index in [-0.39, 0.29) is 17.3 Å². The number of rotatable bonds is 3. The number of nitrogens with one attached hydrogen (secondary N) is 1. The first-order chi connectivity index (χ1) is 9.54. The molecule has 0 bridgehead atoms. The lowest BCUT2D eigenvalue weighted by Gasteiger charge is -2.15. The van der Waals surface area contributed by atoms with Crippen molar-refractivity contribution in [3.63, 3.8) is 0 Å². The van der Waals surface area contributed by atoms with Gasteiger partial charge in [0.15, 0.2) is 0 Å². The van der Waals surface area contributed by atoms with Gasteiger partial charge in [-0.15, -0.1) is 11.6 Å². The largest absolute Gasteiger partial charge is 0.352 e. The van der Waals surface area contributed by atoms with Crippen LogP contribution in [0.1, 0.15) is 31.0 Å². The number of carbonyl (C=O) groups is 1. The molecule has 0 radical (unpaired) electrons. The first-order valence-corrected chi connectivity index (χ1v) is 7.86. The van der Waals surface area contributed by atoms with Gasteiger partial charge in [-0.3, -0.25) is 4.79 Å². The fourth-order valence-electron chi connectivity index (χ4n) is 2.65. The van der Waals surface area contributed by atoms with E-state index in [2.05, 4.69) is 30.8 Å². The third-order valence-corrected chi connectivity index (χ3v) is 4.27. The molecule has 0 saturated carbocycles. The number of carbonyl (C=O) groups excluding carboxylic acids is 1. The maximum Gasteiger partial charge on any atom is 0.220 e.